The molecular weight excluding hydrogens is 298 g/mol. The lowest BCUT2D eigenvalue weighted by Gasteiger charge is -2.21. The standard InChI is InChI=1S/C17H21NO3S/c1-13-16(12-22(19)11-15-9-5-6-10-20-15)18-17(21-13)14-7-3-2-4-8-14/h2-4,7-8,15H,5-6,9-12H2,1H3. The maximum absolute atomic E-state index is 12.3. The molecular formula is C17H21NO3S. The van der Waals surface area contributed by atoms with Crippen LogP contribution in [0.1, 0.15) is 30.7 Å². The fourth-order valence-corrected chi connectivity index (χ4v) is 3.99. The summed E-state index contributed by atoms with van der Waals surface area (Å²) in [7, 11) is -0.969. The zero-order chi connectivity index (χ0) is 15.4. The van der Waals surface area contributed by atoms with Crippen molar-refractivity contribution in [2.75, 3.05) is 12.4 Å². The molecule has 1 aromatic heterocycles. The van der Waals surface area contributed by atoms with Crippen LogP contribution in [0.25, 0.3) is 11.5 Å². The molecule has 3 rings (SSSR count). The SMILES string of the molecule is Cc1oc(-c2ccccc2)nc1CS(=O)CC1CCCCO1. The van der Waals surface area contributed by atoms with Crippen molar-refractivity contribution in [2.24, 2.45) is 0 Å². The first-order chi connectivity index (χ1) is 10.7. The third kappa shape index (κ3) is 3.84. The highest BCUT2D eigenvalue weighted by atomic mass is 32.2. The molecule has 0 spiro atoms. The first kappa shape index (κ1) is 15.4. The van der Waals surface area contributed by atoms with E-state index in [9.17, 15) is 4.21 Å². The van der Waals surface area contributed by atoms with Crippen molar-refractivity contribution in [3.05, 3.63) is 41.8 Å². The molecule has 5 heteroatoms. The Morgan fingerprint density at radius 3 is 2.82 bits per heavy atom. The van der Waals surface area contributed by atoms with Crippen LogP contribution < -0.4 is 0 Å². The van der Waals surface area contributed by atoms with Crippen molar-refractivity contribution in [3.63, 3.8) is 0 Å². The highest BCUT2D eigenvalue weighted by Crippen LogP contribution is 2.22. The summed E-state index contributed by atoms with van der Waals surface area (Å²) >= 11 is 0. The Balaban J connectivity index is 1.65. The maximum Gasteiger partial charge on any atom is 0.226 e. The maximum atomic E-state index is 12.3. The molecule has 1 saturated heterocycles. The first-order valence-corrected chi connectivity index (χ1v) is 9.19. The average Bonchev–Trinajstić information content (AvgIpc) is 2.90. The minimum Gasteiger partial charge on any atom is -0.441 e. The van der Waals surface area contributed by atoms with Gasteiger partial charge in [0.15, 0.2) is 0 Å². The number of rotatable bonds is 5. The van der Waals surface area contributed by atoms with E-state index in [0.717, 1.165) is 36.5 Å². The van der Waals surface area contributed by atoms with Crippen LogP contribution in [-0.4, -0.2) is 27.7 Å². The number of aromatic nitrogens is 1. The number of oxazole rings is 1. The molecule has 0 bridgehead atoms. The molecule has 1 aliphatic heterocycles. The van der Waals surface area contributed by atoms with Crippen LogP contribution in [0.3, 0.4) is 0 Å². The van der Waals surface area contributed by atoms with Gasteiger partial charge in [-0.3, -0.25) is 4.21 Å². The van der Waals surface area contributed by atoms with Gasteiger partial charge >= 0.3 is 0 Å². The lowest BCUT2D eigenvalue weighted by atomic mass is 10.1. The van der Waals surface area contributed by atoms with E-state index < -0.39 is 10.8 Å². The minimum atomic E-state index is -0.969. The smallest absolute Gasteiger partial charge is 0.226 e. The molecule has 118 valence electrons. The zero-order valence-electron chi connectivity index (χ0n) is 12.8. The van der Waals surface area contributed by atoms with Gasteiger partial charge in [-0.15, -0.1) is 0 Å². The van der Waals surface area contributed by atoms with Crippen LogP contribution in [-0.2, 0) is 21.3 Å². The van der Waals surface area contributed by atoms with E-state index in [1.165, 1.54) is 6.42 Å². The fourth-order valence-electron chi connectivity index (χ4n) is 2.62. The molecule has 1 fully saturated rings. The number of benzene rings is 1. The largest absolute Gasteiger partial charge is 0.441 e. The Kier molecular flexibility index (Phi) is 5.05. The van der Waals surface area contributed by atoms with Gasteiger partial charge in [-0.1, -0.05) is 18.2 Å². The molecule has 0 saturated carbocycles. The van der Waals surface area contributed by atoms with Crippen molar-refractivity contribution < 1.29 is 13.4 Å². The summed E-state index contributed by atoms with van der Waals surface area (Å²) in [6.45, 7) is 2.67. The van der Waals surface area contributed by atoms with E-state index in [4.69, 9.17) is 9.15 Å². The van der Waals surface area contributed by atoms with Gasteiger partial charge in [0.05, 0.1) is 23.3 Å². The summed E-state index contributed by atoms with van der Waals surface area (Å²) < 4.78 is 23.7. The molecule has 1 aromatic carbocycles. The van der Waals surface area contributed by atoms with Crippen molar-refractivity contribution in [3.8, 4) is 11.5 Å². The Labute approximate surface area is 133 Å². The summed E-state index contributed by atoms with van der Waals surface area (Å²) in [5, 5.41) is 0. The molecule has 2 atom stereocenters. The second kappa shape index (κ2) is 7.20. The lowest BCUT2D eigenvalue weighted by molar-refractivity contribution is 0.0310. The van der Waals surface area contributed by atoms with Crippen LogP contribution >= 0.6 is 0 Å². The van der Waals surface area contributed by atoms with Crippen LogP contribution in [0.2, 0.25) is 0 Å². The predicted molar refractivity (Wildman–Crippen MR) is 87.0 cm³/mol. The summed E-state index contributed by atoms with van der Waals surface area (Å²) in [6, 6.07) is 9.78. The molecule has 4 nitrogen and oxygen atoms in total. The summed E-state index contributed by atoms with van der Waals surface area (Å²) in [6.07, 6.45) is 3.43. The van der Waals surface area contributed by atoms with Crippen molar-refractivity contribution in [1.82, 2.24) is 4.98 Å². The summed E-state index contributed by atoms with van der Waals surface area (Å²) in [5.74, 6) is 2.37. The van der Waals surface area contributed by atoms with E-state index in [1.54, 1.807) is 0 Å². The van der Waals surface area contributed by atoms with Gasteiger partial charge in [0, 0.05) is 23.0 Å². The molecule has 2 aromatic rings. The molecule has 2 heterocycles. The number of ether oxygens (including phenoxy) is 1. The Hall–Kier alpha value is -1.46. The van der Waals surface area contributed by atoms with E-state index in [0.29, 0.717) is 17.4 Å². The van der Waals surface area contributed by atoms with Crippen LogP contribution in [0, 0.1) is 6.92 Å². The van der Waals surface area contributed by atoms with Gasteiger partial charge in [-0.25, -0.2) is 4.98 Å². The van der Waals surface area contributed by atoms with Gasteiger partial charge in [-0.2, -0.15) is 0 Å². The summed E-state index contributed by atoms with van der Waals surface area (Å²) in [5.41, 5.74) is 1.73. The molecule has 22 heavy (non-hydrogen) atoms. The van der Waals surface area contributed by atoms with Crippen LogP contribution in [0.5, 0.6) is 0 Å². The van der Waals surface area contributed by atoms with E-state index in [-0.39, 0.29) is 6.10 Å². The Morgan fingerprint density at radius 1 is 1.27 bits per heavy atom. The van der Waals surface area contributed by atoms with Gasteiger partial charge in [0.25, 0.3) is 0 Å². The van der Waals surface area contributed by atoms with Crippen LogP contribution in [0.4, 0.5) is 0 Å². The fraction of sp³-hybridized carbons (Fsp3) is 0.471. The number of hydrogen-bond acceptors (Lipinski definition) is 4. The van der Waals surface area contributed by atoms with Gasteiger partial charge in [0.2, 0.25) is 5.89 Å². The summed E-state index contributed by atoms with van der Waals surface area (Å²) in [4.78, 5) is 4.51. The van der Waals surface area contributed by atoms with Crippen molar-refractivity contribution in [1.29, 1.82) is 0 Å². The normalized spacial score (nSPS) is 20.0. The second-order valence-corrected chi connectivity index (χ2v) is 7.13. The monoisotopic (exact) mass is 319 g/mol. The third-order valence-electron chi connectivity index (χ3n) is 3.86. The quantitative estimate of drug-likeness (QED) is 0.847. The molecule has 1 aliphatic rings. The van der Waals surface area contributed by atoms with Crippen molar-refractivity contribution in [2.45, 2.75) is 38.0 Å². The minimum absolute atomic E-state index is 0.135. The van der Waals surface area contributed by atoms with E-state index in [2.05, 4.69) is 4.98 Å². The molecule has 0 N–H and O–H groups in total. The van der Waals surface area contributed by atoms with Gasteiger partial charge < -0.3 is 9.15 Å². The average molecular weight is 319 g/mol. The Morgan fingerprint density at radius 2 is 2.09 bits per heavy atom. The highest BCUT2D eigenvalue weighted by molar-refractivity contribution is 7.84. The number of nitrogens with zero attached hydrogens (tertiary/aromatic N) is 1. The molecule has 0 amide bonds. The second-order valence-electron chi connectivity index (χ2n) is 5.63. The van der Waals surface area contributed by atoms with Gasteiger partial charge in [0.1, 0.15) is 5.76 Å². The lowest BCUT2D eigenvalue weighted by Crippen LogP contribution is -2.25. The van der Waals surface area contributed by atoms with Gasteiger partial charge in [-0.05, 0) is 38.3 Å². The van der Waals surface area contributed by atoms with Crippen molar-refractivity contribution >= 4 is 10.8 Å². The topological polar surface area (TPSA) is 52.3 Å². The first-order valence-electron chi connectivity index (χ1n) is 7.70. The molecule has 0 aliphatic carbocycles. The number of aryl methyl sites for hydroxylation is 1. The number of hydrogen-bond donors (Lipinski definition) is 0. The Bertz CT molecular complexity index is 633. The van der Waals surface area contributed by atoms with E-state index in [1.807, 2.05) is 37.3 Å². The molecule has 2 unspecified atom stereocenters. The van der Waals surface area contributed by atoms with E-state index >= 15 is 0 Å². The van der Waals surface area contributed by atoms with Crippen LogP contribution in [0.15, 0.2) is 34.7 Å². The molecule has 0 radical (unpaired) electrons. The zero-order valence-corrected chi connectivity index (χ0v) is 13.6. The highest BCUT2D eigenvalue weighted by Gasteiger charge is 2.19. The third-order valence-corrected chi connectivity index (χ3v) is 5.20. The predicted octanol–water partition coefficient (Wildman–Crippen LogP) is 3.47.